The first-order chi connectivity index (χ1) is 8.60. The Bertz CT molecular complexity index is 405. The van der Waals surface area contributed by atoms with Crippen molar-refractivity contribution in [3.05, 3.63) is 29.6 Å². The molecule has 100 valence electrons. The minimum absolute atomic E-state index is 0.173. The molecule has 2 rings (SSSR count). The van der Waals surface area contributed by atoms with E-state index in [1.165, 1.54) is 6.07 Å². The monoisotopic (exact) mass is 251 g/mol. The van der Waals surface area contributed by atoms with Gasteiger partial charge in [-0.15, -0.1) is 0 Å². The zero-order valence-corrected chi connectivity index (χ0v) is 11.4. The van der Waals surface area contributed by atoms with Crippen LogP contribution < -0.4 is 10.1 Å². The summed E-state index contributed by atoms with van der Waals surface area (Å²) in [7, 11) is 1.98. The summed E-state index contributed by atoms with van der Waals surface area (Å²) in [5.41, 5.74) is 1.01. The summed E-state index contributed by atoms with van der Waals surface area (Å²) in [6.07, 6.45) is 2.05. The van der Waals surface area contributed by atoms with Crippen molar-refractivity contribution < 1.29 is 9.13 Å². The summed E-state index contributed by atoms with van der Waals surface area (Å²) in [5, 5.41) is 3.24. The largest absolute Gasteiger partial charge is 0.490 e. The van der Waals surface area contributed by atoms with Crippen molar-refractivity contribution in [1.29, 1.82) is 0 Å². The SMILES string of the molecule is CNCC(CC1Cc2cc(F)ccc2O1)C(C)C. The highest BCUT2D eigenvalue weighted by Gasteiger charge is 2.27. The Morgan fingerprint density at radius 1 is 1.44 bits per heavy atom. The maximum atomic E-state index is 13.1. The standard InChI is InChI=1S/C15H22FNO/c1-10(2)12(9-17-3)8-14-7-11-6-13(16)4-5-15(11)18-14/h4-6,10,12,14,17H,7-9H2,1-3H3. The van der Waals surface area contributed by atoms with Crippen LogP contribution in [0.1, 0.15) is 25.8 Å². The molecule has 2 nitrogen and oxygen atoms in total. The Balaban J connectivity index is 1.98. The molecule has 0 fully saturated rings. The quantitative estimate of drug-likeness (QED) is 0.868. The molecule has 2 unspecified atom stereocenters. The van der Waals surface area contributed by atoms with Gasteiger partial charge in [-0.3, -0.25) is 0 Å². The minimum Gasteiger partial charge on any atom is -0.490 e. The number of hydrogen-bond acceptors (Lipinski definition) is 2. The fraction of sp³-hybridized carbons (Fsp3) is 0.600. The summed E-state index contributed by atoms with van der Waals surface area (Å²) in [6, 6.07) is 4.81. The molecular weight excluding hydrogens is 229 g/mol. The van der Waals surface area contributed by atoms with Crippen molar-refractivity contribution >= 4 is 0 Å². The van der Waals surface area contributed by atoms with E-state index < -0.39 is 0 Å². The summed E-state index contributed by atoms with van der Waals surface area (Å²) in [6.45, 7) is 5.48. The highest BCUT2D eigenvalue weighted by molar-refractivity contribution is 5.37. The van der Waals surface area contributed by atoms with Gasteiger partial charge in [0.25, 0.3) is 0 Å². The zero-order chi connectivity index (χ0) is 13.1. The molecule has 0 radical (unpaired) electrons. The van der Waals surface area contributed by atoms with Crippen LogP contribution in [0.3, 0.4) is 0 Å². The van der Waals surface area contributed by atoms with Crippen molar-refractivity contribution in [2.45, 2.75) is 32.8 Å². The highest BCUT2D eigenvalue weighted by atomic mass is 19.1. The molecule has 3 heteroatoms. The minimum atomic E-state index is -0.173. The Morgan fingerprint density at radius 2 is 2.22 bits per heavy atom. The molecular formula is C15H22FNO. The van der Waals surface area contributed by atoms with Gasteiger partial charge in [0, 0.05) is 12.0 Å². The smallest absolute Gasteiger partial charge is 0.123 e. The second kappa shape index (κ2) is 5.70. The summed E-state index contributed by atoms with van der Waals surface area (Å²) >= 11 is 0. The lowest BCUT2D eigenvalue weighted by Gasteiger charge is -2.23. The Hall–Kier alpha value is -1.09. The van der Waals surface area contributed by atoms with E-state index in [1.807, 2.05) is 7.05 Å². The summed E-state index contributed by atoms with van der Waals surface area (Å²) < 4.78 is 19.0. The Kier molecular flexibility index (Phi) is 4.23. The molecule has 1 aliphatic heterocycles. The van der Waals surface area contributed by atoms with Gasteiger partial charge in [0.1, 0.15) is 17.7 Å². The molecule has 1 aromatic rings. The molecule has 1 aromatic carbocycles. The van der Waals surface area contributed by atoms with Crippen LogP contribution in [0.15, 0.2) is 18.2 Å². The van der Waals surface area contributed by atoms with Crippen LogP contribution in [0.25, 0.3) is 0 Å². The predicted octanol–water partition coefficient (Wildman–Crippen LogP) is 3.01. The molecule has 1 aliphatic rings. The van der Waals surface area contributed by atoms with Gasteiger partial charge in [-0.1, -0.05) is 13.8 Å². The van der Waals surface area contributed by atoms with Crippen LogP contribution in [0.4, 0.5) is 4.39 Å². The van der Waals surface area contributed by atoms with E-state index in [9.17, 15) is 4.39 Å². The van der Waals surface area contributed by atoms with Gasteiger partial charge in [-0.05, 0) is 50.0 Å². The molecule has 0 aliphatic carbocycles. The first kappa shape index (κ1) is 13.3. The third-order valence-corrected chi connectivity index (χ3v) is 3.74. The molecule has 0 amide bonds. The lowest BCUT2D eigenvalue weighted by Crippen LogP contribution is -2.28. The van der Waals surface area contributed by atoms with Gasteiger partial charge < -0.3 is 10.1 Å². The van der Waals surface area contributed by atoms with Gasteiger partial charge in [0.05, 0.1) is 0 Å². The van der Waals surface area contributed by atoms with E-state index in [2.05, 4.69) is 19.2 Å². The molecule has 1 heterocycles. The molecule has 18 heavy (non-hydrogen) atoms. The Morgan fingerprint density at radius 3 is 2.89 bits per heavy atom. The third-order valence-electron chi connectivity index (χ3n) is 3.74. The third kappa shape index (κ3) is 3.02. The van der Waals surface area contributed by atoms with E-state index in [0.717, 1.165) is 30.7 Å². The number of hydrogen-bond donors (Lipinski definition) is 1. The van der Waals surface area contributed by atoms with Gasteiger partial charge >= 0.3 is 0 Å². The van der Waals surface area contributed by atoms with Gasteiger partial charge in [0.15, 0.2) is 0 Å². The van der Waals surface area contributed by atoms with Crippen LogP contribution in [-0.2, 0) is 6.42 Å². The topological polar surface area (TPSA) is 21.3 Å². The molecule has 1 N–H and O–H groups in total. The number of rotatable bonds is 5. The maximum absolute atomic E-state index is 13.1. The number of ether oxygens (including phenoxy) is 1. The summed E-state index contributed by atoms with van der Waals surface area (Å²) in [5.74, 6) is 1.91. The van der Waals surface area contributed by atoms with Crippen LogP contribution in [-0.4, -0.2) is 19.7 Å². The number of benzene rings is 1. The van der Waals surface area contributed by atoms with Crippen molar-refractivity contribution in [2.75, 3.05) is 13.6 Å². The Labute approximate surface area is 109 Å². The van der Waals surface area contributed by atoms with Crippen LogP contribution in [0.2, 0.25) is 0 Å². The van der Waals surface area contributed by atoms with Gasteiger partial charge in [0.2, 0.25) is 0 Å². The first-order valence-corrected chi connectivity index (χ1v) is 6.69. The van der Waals surface area contributed by atoms with Crippen molar-refractivity contribution in [2.24, 2.45) is 11.8 Å². The predicted molar refractivity (Wildman–Crippen MR) is 71.4 cm³/mol. The molecule has 2 atom stereocenters. The van der Waals surface area contributed by atoms with E-state index >= 15 is 0 Å². The molecule has 0 saturated heterocycles. The van der Waals surface area contributed by atoms with Crippen LogP contribution in [0.5, 0.6) is 5.75 Å². The fourth-order valence-corrected chi connectivity index (χ4v) is 2.61. The molecule has 0 aromatic heterocycles. The van der Waals surface area contributed by atoms with Crippen molar-refractivity contribution in [3.8, 4) is 5.75 Å². The average Bonchev–Trinajstić information content (AvgIpc) is 2.69. The summed E-state index contributed by atoms with van der Waals surface area (Å²) in [4.78, 5) is 0. The maximum Gasteiger partial charge on any atom is 0.123 e. The average molecular weight is 251 g/mol. The van der Waals surface area contributed by atoms with Crippen molar-refractivity contribution in [1.82, 2.24) is 5.32 Å². The van der Waals surface area contributed by atoms with E-state index in [1.54, 1.807) is 12.1 Å². The first-order valence-electron chi connectivity index (χ1n) is 6.69. The lowest BCUT2D eigenvalue weighted by atomic mass is 9.89. The normalized spacial score (nSPS) is 19.7. The highest BCUT2D eigenvalue weighted by Crippen LogP contribution is 2.32. The van der Waals surface area contributed by atoms with E-state index in [0.29, 0.717) is 11.8 Å². The van der Waals surface area contributed by atoms with Crippen molar-refractivity contribution in [3.63, 3.8) is 0 Å². The number of nitrogens with one attached hydrogen (secondary N) is 1. The van der Waals surface area contributed by atoms with Crippen LogP contribution >= 0.6 is 0 Å². The van der Waals surface area contributed by atoms with Gasteiger partial charge in [-0.25, -0.2) is 4.39 Å². The molecule has 0 spiro atoms. The van der Waals surface area contributed by atoms with E-state index in [4.69, 9.17) is 4.74 Å². The number of halogens is 1. The molecule has 0 saturated carbocycles. The number of fused-ring (bicyclic) bond motifs is 1. The second-order valence-corrected chi connectivity index (χ2v) is 5.49. The lowest BCUT2D eigenvalue weighted by molar-refractivity contribution is 0.174. The van der Waals surface area contributed by atoms with E-state index in [-0.39, 0.29) is 11.9 Å². The zero-order valence-electron chi connectivity index (χ0n) is 11.4. The van der Waals surface area contributed by atoms with Crippen LogP contribution in [0, 0.1) is 17.7 Å². The molecule has 0 bridgehead atoms. The van der Waals surface area contributed by atoms with Gasteiger partial charge in [-0.2, -0.15) is 0 Å². The second-order valence-electron chi connectivity index (χ2n) is 5.49. The fourth-order valence-electron chi connectivity index (χ4n) is 2.61.